The lowest BCUT2D eigenvalue weighted by molar-refractivity contribution is -0.117. The second-order valence-electron chi connectivity index (χ2n) is 7.26. The van der Waals surface area contributed by atoms with Gasteiger partial charge in [-0.3, -0.25) is 10.1 Å². The number of unbranched alkanes of at least 4 members (excludes halogenated alkanes) is 1. The maximum Gasteiger partial charge on any atom is 0.321 e. The minimum Gasteiger partial charge on any atom is -0.338 e. The van der Waals surface area contributed by atoms with Gasteiger partial charge in [-0.1, -0.05) is 50.4 Å². The highest BCUT2D eigenvalue weighted by atomic mass is 32.2. The summed E-state index contributed by atoms with van der Waals surface area (Å²) in [6.07, 6.45) is 8.59. The first-order valence-electron chi connectivity index (χ1n) is 10.3. The zero-order valence-corrected chi connectivity index (χ0v) is 18.5. The van der Waals surface area contributed by atoms with Crippen LogP contribution in [0.2, 0.25) is 0 Å². The summed E-state index contributed by atoms with van der Waals surface area (Å²) < 4.78 is 2.23. The van der Waals surface area contributed by atoms with Gasteiger partial charge in [-0.2, -0.15) is 0 Å². The number of rotatable bonds is 9. The van der Waals surface area contributed by atoms with Crippen LogP contribution in [-0.2, 0) is 11.2 Å². The molecule has 2 aromatic rings. The molecular weight excluding hydrogens is 406 g/mol. The van der Waals surface area contributed by atoms with Crippen LogP contribution in [-0.4, -0.2) is 39.0 Å². The molecule has 0 unspecified atom stereocenters. The molecule has 0 bridgehead atoms. The van der Waals surface area contributed by atoms with Gasteiger partial charge in [0.25, 0.3) is 0 Å². The van der Waals surface area contributed by atoms with Gasteiger partial charge >= 0.3 is 6.03 Å². The number of aromatic nitrogens is 3. The highest BCUT2D eigenvalue weighted by Crippen LogP contribution is 2.33. The third kappa shape index (κ3) is 6.57. The van der Waals surface area contributed by atoms with E-state index >= 15 is 0 Å². The quantitative estimate of drug-likeness (QED) is 0.456. The number of thioether (sulfide) groups is 1. The molecule has 158 valence electrons. The Morgan fingerprint density at radius 1 is 1.28 bits per heavy atom. The molecule has 2 heterocycles. The zero-order valence-electron chi connectivity index (χ0n) is 16.9. The molecule has 1 aliphatic carbocycles. The van der Waals surface area contributed by atoms with E-state index in [2.05, 4.69) is 43.8 Å². The smallest absolute Gasteiger partial charge is 0.321 e. The fourth-order valence-electron chi connectivity index (χ4n) is 3.52. The number of nitrogens with one attached hydrogen (secondary N) is 2. The van der Waals surface area contributed by atoms with Crippen molar-refractivity contribution in [3.8, 4) is 0 Å². The normalized spacial score (nSPS) is 14.7. The third-order valence-corrected chi connectivity index (χ3v) is 6.81. The number of urea groups is 1. The highest BCUT2D eigenvalue weighted by molar-refractivity contribution is 7.99. The number of imide groups is 1. The predicted molar refractivity (Wildman–Crippen MR) is 116 cm³/mol. The average Bonchev–Trinajstić information content (AvgIpc) is 3.37. The van der Waals surface area contributed by atoms with Crippen molar-refractivity contribution in [2.24, 2.45) is 0 Å². The first-order valence-corrected chi connectivity index (χ1v) is 12.2. The molecule has 0 aliphatic heterocycles. The van der Waals surface area contributed by atoms with Crippen molar-refractivity contribution < 1.29 is 9.59 Å². The van der Waals surface area contributed by atoms with Crippen LogP contribution in [0.25, 0.3) is 0 Å². The van der Waals surface area contributed by atoms with Crippen LogP contribution >= 0.6 is 23.1 Å². The van der Waals surface area contributed by atoms with Gasteiger partial charge in [-0.15, -0.1) is 21.5 Å². The van der Waals surface area contributed by atoms with Gasteiger partial charge in [-0.05, 0) is 30.7 Å². The third-order valence-electron chi connectivity index (χ3n) is 4.99. The van der Waals surface area contributed by atoms with Gasteiger partial charge < -0.3 is 9.88 Å². The molecule has 0 aromatic carbocycles. The van der Waals surface area contributed by atoms with Crippen LogP contribution in [0.4, 0.5) is 4.79 Å². The molecule has 0 spiro atoms. The van der Waals surface area contributed by atoms with E-state index in [0.29, 0.717) is 12.6 Å². The summed E-state index contributed by atoms with van der Waals surface area (Å²) >= 11 is 3.07. The number of hydrogen-bond donors (Lipinski definition) is 2. The number of amides is 3. The molecule has 2 aromatic heterocycles. The first kappa shape index (κ1) is 21.8. The summed E-state index contributed by atoms with van der Waals surface area (Å²) in [5.74, 6) is 0.784. The van der Waals surface area contributed by atoms with Gasteiger partial charge in [0.15, 0.2) is 5.16 Å². The molecule has 2 N–H and O–H groups in total. The lowest BCUT2D eigenvalue weighted by atomic mass is 9.95. The van der Waals surface area contributed by atoms with E-state index in [-0.39, 0.29) is 11.7 Å². The molecule has 0 saturated heterocycles. The maximum atomic E-state index is 12.2. The molecule has 1 saturated carbocycles. The lowest BCUT2D eigenvalue weighted by Crippen LogP contribution is -2.40. The average molecular weight is 436 g/mol. The van der Waals surface area contributed by atoms with Gasteiger partial charge in [0.1, 0.15) is 5.82 Å². The molecule has 9 heteroatoms. The molecule has 1 fully saturated rings. The number of thiophene rings is 1. The van der Waals surface area contributed by atoms with Crippen LogP contribution < -0.4 is 10.6 Å². The van der Waals surface area contributed by atoms with E-state index in [9.17, 15) is 9.59 Å². The van der Waals surface area contributed by atoms with E-state index in [1.807, 2.05) is 6.07 Å². The zero-order chi connectivity index (χ0) is 20.5. The Labute approximate surface area is 180 Å². The van der Waals surface area contributed by atoms with E-state index in [0.717, 1.165) is 43.1 Å². The highest BCUT2D eigenvalue weighted by Gasteiger charge is 2.24. The minimum absolute atomic E-state index is 0.144. The molecule has 7 nitrogen and oxygen atoms in total. The molecule has 0 radical (unpaired) electrons. The summed E-state index contributed by atoms with van der Waals surface area (Å²) in [5.41, 5.74) is 0. The first-order chi connectivity index (χ1) is 14.2. The number of nitrogens with zero attached hydrogens (tertiary/aromatic N) is 3. The van der Waals surface area contributed by atoms with E-state index in [1.54, 1.807) is 11.3 Å². The minimum atomic E-state index is -0.434. The second kappa shape index (κ2) is 11.3. The van der Waals surface area contributed by atoms with Gasteiger partial charge in [0.2, 0.25) is 5.91 Å². The van der Waals surface area contributed by atoms with Crippen LogP contribution in [0.5, 0.6) is 0 Å². The number of carbonyl (C=O) groups is 2. The molecule has 0 atom stereocenters. The van der Waals surface area contributed by atoms with Crippen LogP contribution in [0.3, 0.4) is 0 Å². The van der Waals surface area contributed by atoms with Gasteiger partial charge in [-0.25, -0.2) is 4.79 Å². The van der Waals surface area contributed by atoms with Crippen molar-refractivity contribution in [2.45, 2.75) is 69.5 Å². The lowest BCUT2D eigenvalue weighted by Gasteiger charge is -2.25. The van der Waals surface area contributed by atoms with Gasteiger partial charge in [0.05, 0.1) is 5.75 Å². The SMILES string of the molecule is CCCCNC(=O)NC(=O)CSc1nnc(Cc2cccs2)n1C1CCCCC1. The number of carbonyl (C=O) groups excluding carboxylic acids is 2. The Kier molecular flexibility index (Phi) is 8.54. The Morgan fingerprint density at radius 2 is 2.10 bits per heavy atom. The summed E-state index contributed by atoms with van der Waals surface area (Å²) in [5, 5.41) is 16.7. The van der Waals surface area contributed by atoms with Crippen LogP contribution in [0.15, 0.2) is 22.7 Å². The fourth-order valence-corrected chi connectivity index (χ4v) is 5.04. The van der Waals surface area contributed by atoms with E-state index < -0.39 is 6.03 Å². The van der Waals surface area contributed by atoms with Crippen molar-refractivity contribution in [1.82, 2.24) is 25.4 Å². The summed E-state index contributed by atoms with van der Waals surface area (Å²) in [6.45, 7) is 2.63. The van der Waals surface area contributed by atoms with Crippen LogP contribution in [0, 0.1) is 0 Å². The molecular formula is C20H29N5O2S2. The Hall–Kier alpha value is -1.87. The molecule has 1 aliphatic rings. The van der Waals surface area contributed by atoms with E-state index in [1.165, 1.54) is 35.9 Å². The Morgan fingerprint density at radius 3 is 2.83 bits per heavy atom. The number of hydrogen-bond acceptors (Lipinski definition) is 6. The Bertz CT molecular complexity index is 785. The summed E-state index contributed by atoms with van der Waals surface area (Å²) in [7, 11) is 0. The summed E-state index contributed by atoms with van der Waals surface area (Å²) in [6, 6.07) is 4.11. The largest absolute Gasteiger partial charge is 0.338 e. The monoisotopic (exact) mass is 435 g/mol. The van der Waals surface area contributed by atoms with Crippen molar-refractivity contribution in [1.29, 1.82) is 0 Å². The van der Waals surface area contributed by atoms with Gasteiger partial charge in [0, 0.05) is 23.9 Å². The predicted octanol–water partition coefficient (Wildman–Crippen LogP) is 4.15. The standard InChI is InChI=1S/C20H29N5O2S2/c1-2-3-11-21-19(27)22-18(26)14-29-20-24-23-17(13-16-10-7-12-28-16)25(20)15-8-5-4-6-9-15/h7,10,12,15H,2-6,8-9,11,13-14H2,1H3,(H2,21,22,26,27). The molecule has 29 heavy (non-hydrogen) atoms. The second-order valence-corrected chi connectivity index (χ2v) is 9.24. The Balaban J connectivity index is 1.62. The fraction of sp³-hybridized carbons (Fsp3) is 0.600. The molecule has 3 rings (SSSR count). The summed E-state index contributed by atoms with van der Waals surface area (Å²) in [4.78, 5) is 25.2. The topological polar surface area (TPSA) is 88.9 Å². The van der Waals surface area contributed by atoms with E-state index in [4.69, 9.17) is 0 Å². The van der Waals surface area contributed by atoms with Crippen molar-refractivity contribution in [2.75, 3.05) is 12.3 Å². The van der Waals surface area contributed by atoms with Crippen molar-refractivity contribution >= 4 is 35.0 Å². The van der Waals surface area contributed by atoms with Crippen molar-refractivity contribution in [3.63, 3.8) is 0 Å². The van der Waals surface area contributed by atoms with Crippen LogP contribution in [0.1, 0.15) is 68.6 Å². The molecule has 3 amide bonds. The maximum absolute atomic E-state index is 12.2. The van der Waals surface area contributed by atoms with Crippen molar-refractivity contribution in [3.05, 3.63) is 28.2 Å².